The van der Waals surface area contributed by atoms with E-state index in [-0.39, 0.29) is 17.9 Å². The molecule has 0 saturated heterocycles. The maximum Gasteiger partial charge on any atom is 0.315 e. The maximum atomic E-state index is 12.1. The van der Waals surface area contributed by atoms with Crippen molar-refractivity contribution in [1.29, 1.82) is 0 Å². The van der Waals surface area contributed by atoms with Gasteiger partial charge in [0.1, 0.15) is 5.75 Å². The first kappa shape index (κ1) is 18.7. The lowest BCUT2D eigenvalue weighted by molar-refractivity contribution is -0.386. The van der Waals surface area contributed by atoms with Gasteiger partial charge in [0.15, 0.2) is 5.75 Å². The monoisotopic (exact) mass is 359 g/mol. The van der Waals surface area contributed by atoms with Crippen molar-refractivity contribution >= 4 is 17.8 Å². The lowest BCUT2D eigenvalue weighted by Crippen LogP contribution is -2.18. The largest absolute Gasteiger partial charge is 0.500 e. The number of methoxy groups -OCH3 is 1. The highest BCUT2D eigenvalue weighted by Crippen LogP contribution is 2.36. The number of rotatable bonds is 7. The van der Waals surface area contributed by atoms with E-state index in [0.29, 0.717) is 11.3 Å². The molecule has 0 fully saturated rings. The van der Waals surface area contributed by atoms with E-state index in [1.54, 1.807) is 31.2 Å². The lowest BCUT2D eigenvalue weighted by atomic mass is 10.2. The van der Waals surface area contributed by atoms with Crippen LogP contribution in [0.2, 0.25) is 0 Å². The number of hydrogen-bond acceptors (Lipinski definition) is 7. The lowest BCUT2D eigenvalue weighted by Gasteiger charge is -2.07. The van der Waals surface area contributed by atoms with Crippen LogP contribution in [0.5, 0.6) is 17.2 Å². The Bertz CT molecular complexity index is 850. The topological polar surface area (TPSA) is 123 Å². The Kier molecular flexibility index (Phi) is 6.10. The van der Waals surface area contributed by atoms with Gasteiger partial charge in [-0.25, -0.2) is 5.43 Å². The molecule has 2 aromatic rings. The first-order valence-electron chi connectivity index (χ1n) is 7.58. The molecule has 0 aliphatic heterocycles. The molecule has 26 heavy (non-hydrogen) atoms. The van der Waals surface area contributed by atoms with E-state index in [9.17, 15) is 20.0 Å². The number of benzene rings is 2. The summed E-state index contributed by atoms with van der Waals surface area (Å²) in [4.78, 5) is 22.4. The minimum atomic E-state index is -0.734. The Morgan fingerprint density at radius 3 is 2.73 bits per heavy atom. The number of ether oxygens (including phenoxy) is 2. The molecule has 0 aliphatic carbocycles. The van der Waals surface area contributed by atoms with Crippen LogP contribution in [-0.2, 0) is 0 Å². The molecule has 2 aromatic carbocycles. The predicted octanol–water partition coefficient (Wildman–Crippen LogP) is 2.47. The van der Waals surface area contributed by atoms with Crippen LogP contribution < -0.4 is 14.9 Å². The average molecular weight is 359 g/mol. The average Bonchev–Trinajstić information content (AvgIpc) is 2.63. The Hall–Kier alpha value is -3.62. The highest BCUT2D eigenvalue weighted by atomic mass is 16.6. The van der Waals surface area contributed by atoms with Crippen molar-refractivity contribution in [3.05, 3.63) is 57.6 Å². The number of nitrogens with one attached hydrogen (secondary N) is 1. The molecule has 9 heteroatoms. The Balaban J connectivity index is 2.22. The second-order valence-corrected chi connectivity index (χ2v) is 4.98. The molecule has 0 spiro atoms. The van der Waals surface area contributed by atoms with Gasteiger partial charge in [0.25, 0.3) is 5.91 Å². The molecule has 0 atom stereocenters. The van der Waals surface area contributed by atoms with Gasteiger partial charge in [0.05, 0.1) is 30.4 Å². The number of phenolic OH excluding ortho intramolecular Hbond substituents is 1. The Labute approximate surface area is 149 Å². The summed E-state index contributed by atoms with van der Waals surface area (Å²) < 4.78 is 10.3. The van der Waals surface area contributed by atoms with Gasteiger partial charge in [-0.2, -0.15) is 5.10 Å². The van der Waals surface area contributed by atoms with Gasteiger partial charge in [0, 0.05) is 11.6 Å². The molecular weight excluding hydrogens is 342 g/mol. The summed E-state index contributed by atoms with van der Waals surface area (Å²) in [6.45, 7) is 1.90. The molecule has 9 nitrogen and oxygen atoms in total. The quantitative estimate of drug-likeness (QED) is 0.445. The molecule has 136 valence electrons. The summed E-state index contributed by atoms with van der Waals surface area (Å²) in [5.74, 6) is -0.720. The zero-order valence-electron chi connectivity index (χ0n) is 14.1. The van der Waals surface area contributed by atoms with E-state index in [1.807, 2.05) is 0 Å². The molecule has 0 saturated carbocycles. The summed E-state index contributed by atoms with van der Waals surface area (Å²) in [5, 5.41) is 24.7. The first-order valence-corrected chi connectivity index (χ1v) is 7.58. The third kappa shape index (κ3) is 4.26. The summed E-state index contributed by atoms with van der Waals surface area (Å²) >= 11 is 0. The molecule has 0 bridgehead atoms. The normalized spacial score (nSPS) is 10.5. The Morgan fingerprint density at radius 1 is 1.35 bits per heavy atom. The van der Waals surface area contributed by atoms with E-state index < -0.39 is 22.3 Å². The van der Waals surface area contributed by atoms with Gasteiger partial charge in [-0.15, -0.1) is 0 Å². The van der Waals surface area contributed by atoms with Gasteiger partial charge in [-0.05, 0) is 25.1 Å². The maximum absolute atomic E-state index is 12.1. The zero-order chi connectivity index (χ0) is 19.1. The summed E-state index contributed by atoms with van der Waals surface area (Å²) in [7, 11) is 1.44. The fraction of sp³-hybridized carbons (Fsp3) is 0.176. The van der Waals surface area contributed by atoms with E-state index in [2.05, 4.69) is 10.5 Å². The number of aromatic hydroxyl groups is 1. The van der Waals surface area contributed by atoms with Crippen molar-refractivity contribution in [2.75, 3.05) is 13.7 Å². The molecule has 0 unspecified atom stereocenters. The van der Waals surface area contributed by atoms with Crippen molar-refractivity contribution in [3.8, 4) is 17.2 Å². The Morgan fingerprint density at radius 2 is 2.08 bits per heavy atom. The van der Waals surface area contributed by atoms with Gasteiger partial charge in [-0.3, -0.25) is 14.9 Å². The van der Waals surface area contributed by atoms with Crippen molar-refractivity contribution in [1.82, 2.24) is 5.43 Å². The fourth-order valence-corrected chi connectivity index (χ4v) is 2.15. The number of hydrazone groups is 1. The third-order valence-corrected chi connectivity index (χ3v) is 3.31. The SMILES string of the molecule is CCOc1cc(/C=N/NC(=O)c2ccccc2OC)cc([N+](=O)[O-])c1O. The van der Waals surface area contributed by atoms with Crippen LogP contribution in [0.1, 0.15) is 22.8 Å². The predicted molar refractivity (Wildman–Crippen MR) is 94.0 cm³/mol. The van der Waals surface area contributed by atoms with E-state index >= 15 is 0 Å². The number of nitro benzene ring substituents is 1. The molecule has 0 aromatic heterocycles. The van der Waals surface area contributed by atoms with E-state index in [4.69, 9.17) is 9.47 Å². The summed E-state index contributed by atoms with van der Waals surface area (Å²) in [6.07, 6.45) is 1.21. The molecule has 1 amide bonds. The molecule has 2 rings (SSSR count). The van der Waals surface area contributed by atoms with Crippen molar-refractivity contribution in [3.63, 3.8) is 0 Å². The standard InChI is InChI=1S/C17H17N3O6/c1-3-26-15-9-11(8-13(16(15)21)20(23)24)10-18-19-17(22)12-6-4-5-7-14(12)25-2/h4-10,21H,3H2,1-2H3,(H,19,22)/b18-10+. The number of amides is 1. The number of phenols is 1. The summed E-state index contributed by atoms with van der Waals surface area (Å²) in [6, 6.07) is 9.11. The third-order valence-electron chi connectivity index (χ3n) is 3.31. The van der Waals surface area contributed by atoms with Crippen LogP contribution in [0.25, 0.3) is 0 Å². The molecule has 2 N–H and O–H groups in total. The van der Waals surface area contributed by atoms with Crippen LogP contribution in [0.3, 0.4) is 0 Å². The first-order chi connectivity index (χ1) is 12.5. The van der Waals surface area contributed by atoms with Gasteiger partial charge in [0.2, 0.25) is 5.75 Å². The highest BCUT2D eigenvalue weighted by Gasteiger charge is 2.19. The molecule has 0 aliphatic rings. The molecule has 0 heterocycles. The van der Waals surface area contributed by atoms with Gasteiger partial charge < -0.3 is 14.6 Å². The molecular formula is C17H17N3O6. The van der Waals surface area contributed by atoms with Crippen LogP contribution in [0.15, 0.2) is 41.5 Å². The van der Waals surface area contributed by atoms with Crippen LogP contribution in [0.4, 0.5) is 5.69 Å². The number of nitro groups is 1. The number of carbonyl (C=O) groups is 1. The van der Waals surface area contributed by atoms with Crippen LogP contribution in [0, 0.1) is 10.1 Å². The minimum Gasteiger partial charge on any atom is -0.500 e. The second kappa shape index (κ2) is 8.47. The van der Waals surface area contributed by atoms with Gasteiger partial charge >= 0.3 is 5.69 Å². The van der Waals surface area contributed by atoms with Crippen molar-refractivity contribution < 1.29 is 24.3 Å². The number of para-hydroxylation sites is 1. The van der Waals surface area contributed by atoms with Crippen molar-refractivity contribution in [2.24, 2.45) is 5.10 Å². The number of carbonyl (C=O) groups excluding carboxylic acids is 1. The van der Waals surface area contributed by atoms with Crippen LogP contribution in [-0.4, -0.2) is 35.9 Å². The minimum absolute atomic E-state index is 0.0424. The highest BCUT2D eigenvalue weighted by molar-refractivity contribution is 5.97. The number of hydrogen-bond donors (Lipinski definition) is 2. The second-order valence-electron chi connectivity index (χ2n) is 4.98. The summed E-state index contributed by atoms with van der Waals surface area (Å²) in [5.41, 5.74) is 2.36. The number of nitrogens with zero attached hydrogens (tertiary/aromatic N) is 2. The van der Waals surface area contributed by atoms with E-state index in [1.165, 1.54) is 19.4 Å². The van der Waals surface area contributed by atoms with Crippen LogP contribution >= 0.6 is 0 Å². The fourth-order valence-electron chi connectivity index (χ4n) is 2.15. The molecule has 0 radical (unpaired) electrons. The smallest absolute Gasteiger partial charge is 0.315 e. The zero-order valence-corrected chi connectivity index (χ0v) is 14.1. The van der Waals surface area contributed by atoms with Gasteiger partial charge in [-0.1, -0.05) is 12.1 Å². The van der Waals surface area contributed by atoms with E-state index in [0.717, 1.165) is 6.07 Å². The van der Waals surface area contributed by atoms with Crippen molar-refractivity contribution in [2.45, 2.75) is 6.92 Å².